The minimum atomic E-state index is -0.581. The van der Waals surface area contributed by atoms with Crippen molar-refractivity contribution >= 4 is 23.7 Å². The van der Waals surface area contributed by atoms with Crippen LogP contribution in [0.1, 0.15) is 18.7 Å². The lowest BCUT2D eigenvalue weighted by molar-refractivity contribution is -0.677. The van der Waals surface area contributed by atoms with Gasteiger partial charge in [0, 0.05) is 13.6 Å². The first-order chi connectivity index (χ1) is 11.0. The van der Waals surface area contributed by atoms with Crippen LogP contribution >= 0.6 is 0 Å². The maximum Gasteiger partial charge on any atom is 0.402 e. The highest BCUT2D eigenvalue weighted by atomic mass is 16.2. The number of amides is 3. The van der Waals surface area contributed by atoms with Gasteiger partial charge in [-0.2, -0.15) is 0 Å². The molecule has 0 saturated carbocycles. The van der Waals surface area contributed by atoms with Crippen LogP contribution in [0.5, 0.6) is 0 Å². The van der Waals surface area contributed by atoms with Gasteiger partial charge in [-0.15, -0.1) is 0 Å². The van der Waals surface area contributed by atoms with Crippen LogP contribution in [-0.2, 0) is 11.3 Å². The van der Waals surface area contributed by atoms with E-state index in [1.807, 2.05) is 35.3 Å². The summed E-state index contributed by atoms with van der Waals surface area (Å²) in [4.78, 5) is 32.5. The second kappa shape index (κ2) is 5.49. The molecule has 1 aromatic heterocycles. The van der Waals surface area contributed by atoms with Crippen molar-refractivity contribution in [1.82, 2.24) is 14.4 Å². The molecular weight excluding hydrogens is 294 g/mol. The van der Waals surface area contributed by atoms with Gasteiger partial charge in [0.05, 0.1) is 6.54 Å². The van der Waals surface area contributed by atoms with Crippen molar-refractivity contribution in [2.75, 3.05) is 13.6 Å². The molecule has 2 aliphatic heterocycles. The summed E-state index contributed by atoms with van der Waals surface area (Å²) < 4.78 is 3.81. The molecule has 0 aromatic carbocycles. The Bertz CT molecular complexity index is 759. The molecule has 1 fully saturated rings. The third-order valence-electron chi connectivity index (χ3n) is 4.16. The molecule has 0 bridgehead atoms. The number of likely N-dealkylation sites (N-methyl/N-ethyl adjacent to an activating group) is 1. The molecule has 3 amide bonds. The van der Waals surface area contributed by atoms with Crippen LogP contribution in [0.3, 0.4) is 0 Å². The summed E-state index contributed by atoms with van der Waals surface area (Å²) in [6, 6.07) is -0.927. The van der Waals surface area contributed by atoms with E-state index < -0.39 is 6.04 Å². The molecule has 3 rings (SSSR count). The van der Waals surface area contributed by atoms with Crippen LogP contribution < -0.4 is 4.57 Å². The van der Waals surface area contributed by atoms with Gasteiger partial charge in [-0.1, -0.05) is 29.8 Å². The number of allylic oxidation sites excluding steroid dienone is 2. The van der Waals surface area contributed by atoms with E-state index in [1.165, 1.54) is 9.80 Å². The Kier molecular flexibility index (Phi) is 3.63. The van der Waals surface area contributed by atoms with Crippen LogP contribution in [0.25, 0.3) is 0 Å². The number of aliphatic imine (C=N–C) groups is 1. The number of urea groups is 1. The molecule has 0 spiro atoms. The zero-order valence-electron chi connectivity index (χ0n) is 13.6. The topological polar surface area (TPSA) is 61.8 Å². The Morgan fingerprint density at radius 3 is 2.78 bits per heavy atom. The van der Waals surface area contributed by atoms with Crippen molar-refractivity contribution in [3.63, 3.8) is 0 Å². The number of hydrogen-bond acceptors (Lipinski definition) is 3. The first kappa shape index (κ1) is 15.2. The number of aromatic nitrogens is 2. The fourth-order valence-corrected chi connectivity index (χ4v) is 2.96. The lowest BCUT2D eigenvalue weighted by Gasteiger charge is -2.32. The van der Waals surface area contributed by atoms with Gasteiger partial charge >= 0.3 is 12.0 Å². The molecule has 23 heavy (non-hydrogen) atoms. The number of amidine groups is 1. The molecule has 0 radical (unpaired) electrons. The standard InChI is InChI=1S/C16H20N5O2/c1-5-7-9-20-14(22)12-13(18(4)16(20)23)17-15-19(8-6-2)11(3)10-21(12)15/h5-7,10,12H,2,8-9H2,1,3-4H3/q+1/b7-5+. The highest BCUT2D eigenvalue weighted by molar-refractivity contribution is 6.19. The minimum Gasteiger partial charge on any atom is -0.270 e. The molecule has 0 N–H and O–H groups in total. The van der Waals surface area contributed by atoms with E-state index in [1.54, 1.807) is 19.2 Å². The molecule has 1 saturated heterocycles. The Morgan fingerprint density at radius 2 is 2.13 bits per heavy atom. The Balaban J connectivity index is 2.07. The van der Waals surface area contributed by atoms with Crippen LogP contribution in [0.4, 0.5) is 10.7 Å². The average molecular weight is 314 g/mol. The average Bonchev–Trinajstić information content (AvgIpc) is 3.02. The third-order valence-corrected chi connectivity index (χ3v) is 4.16. The molecule has 1 atom stereocenters. The van der Waals surface area contributed by atoms with Gasteiger partial charge in [0.15, 0.2) is 0 Å². The van der Waals surface area contributed by atoms with E-state index in [-0.39, 0.29) is 18.5 Å². The molecule has 7 nitrogen and oxygen atoms in total. The summed E-state index contributed by atoms with van der Waals surface area (Å²) in [5, 5.41) is 0. The van der Waals surface area contributed by atoms with Crippen molar-refractivity contribution in [3.8, 4) is 0 Å². The number of carbonyl (C=O) groups is 2. The lowest BCUT2D eigenvalue weighted by atomic mass is 10.1. The molecule has 1 aromatic rings. The van der Waals surface area contributed by atoms with E-state index in [9.17, 15) is 9.59 Å². The number of fused-ring (bicyclic) bond motifs is 3. The predicted molar refractivity (Wildman–Crippen MR) is 85.4 cm³/mol. The van der Waals surface area contributed by atoms with E-state index in [0.717, 1.165) is 5.69 Å². The summed E-state index contributed by atoms with van der Waals surface area (Å²) in [5.74, 6) is 0.900. The van der Waals surface area contributed by atoms with Crippen LogP contribution in [0.15, 0.2) is 36.0 Å². The zero-order chi connectivity index (χ0) is 16.7. The summed E-state index contributed by atoms with van der Waals surface area (Å²) in [7, 11) is 1.65. The first-order valence-corrected chi connectivity index (χ1v) is 7.52. The van der Waals surface area contributed by atoms with Crippen molar-refractivity contribution in [1.29, 1.82) is 0 Å². The molecule has 3 heterocycles. The Hall–Kier alpha value is -2.70. The quantitative estimate of drug-likeness (QED) is 0.622. The second-order valence-corrected chi connectivity index (χ2v) is 5.61. The highest BCUT2D eigenvalue weighted by Crippen LogP contribution is 2.29. The minimum absolute atomic E-state index is 0.246. The number of rotatable bonds is 4. The monoisotopic (exact) mass is 314 g/mol. The maximum atomic E-state index is 12.8. The zero-order valence-corrected chi connectivity index (χ0v) is 13.6. The van der Waals surface area contributed by atoms with Crippen molar-refractivity contribution < 1.29 is 14.2 Å². The number of aryl methyl sites for hydroxylation is 1. The highest BCUT2D eigenvalue weighted by Gasteiger charge is 2.52. The number of imide groups is 1. The van der Waals surface area contributed by atoms with Crippen LogP contribution in [0, 0.1) is 6.92 Å². The van der Waals surface area contributed by atoms with Gasteiger partial charge in [-0.3, -0.25) is 14.6 Å². The van der Waals surface area contributed by atoms with Gasteiger partial charge in [-0.25, -0.2) is 13.9 Å². The predicted octanol–water partition coefficient (Wildman–Crippen LogP) is 1.32. The van der Waals surface area contributed by atoms with Gasteiger partial charge in [0.25, 0.3) is 5.91 Å². The van der Waals surface area contributed by atoms with Gasteiger partial charge < -0.3 is 0 Å². The van der Waals surface area contributed by atoms with E-state index in [0.29, 0.717) is 18.3 Å². The van der Waals surface area contributed by atoms with Crippen LogP contribution in [-0.4, -0.2) is 45.7 Å². The second-order valence-electron chi connectivity index (χ2n) is 5.61. The fourth-order valence-electron chi connectivity index (χ4n) is 2.96. The number of hydrogen-bond donors (Lipinski definition) is 0. The smallest absolute Gasteiger partial charge is 0.270 e. The van der Waals surface area contributed by atoms with Gasteiger partial charge in [0.2, 0.25) is 11.9 Å². The van der Waals surface area contributed by atoms with E-state index in [2.05, 4.69) is 11.6 Å². The lowest BCUT2D eigenvalue weighted by Crippen LogP contribution is -2.62. The number of imidazole rings is 1. The van der Waals surface area contributed by atoms with Crippen molar-refractivity contribution in [3.05, 3.63) is 36.7 Å². The Morgan fingerprint density at radius 1 is 1.39 bits per heavy atom. The van der Waals surface area contributed by atoms with Crippen molar-refractivity contribution in [2.24, 2.45) is 4.99 Å². The molecular formula is C16H20N5O2+. The number of carbonyl (C=O) groups excluding carboxylic acids is 2. The molecule has 2 aliphatic rings. The SMILES string of the molecule is C=CCn1c(C)c[n+]2c1N=C1C2C(=O)N(C/C=C/C)C(=O)N1C. The van der Waals surface area contributed by atoms with Gasteiger partial charge in [-0.05, 0) is 13.8 Å². The summed E-state index contributed by atoms with van der Waals surface area (Å²) in [6.07, 6.45) is 7.29. The number of nitrogens with zero attached hydrogens (tertiary/aromatic N) is 5. The van der Waals surface area contributed by atoms with Gasteiger partial charge in [0.1, 0.15) is 11.9 Å². The molecule has 120 valence electrons. The largest absolute Gasteiger partial charge is 0.402 e. The summed E-state index contributed by atoms with van der Waals surface area (Å²) in [6.45, 7) is 8.45. The van der Waals surface area contributed by atoms with E-state index >= 15 is 0 Å². The maximum absolute atomic E-state index is 12.8. The normalized spacial score (nSPS) is 20.1. The first-order valence-electron chi connectivity index (χ1n) is 7.52. The fraction of sp³-hybridized carbons (Fsp3) is 0.375. The molecule has 0 aliphatic carbocycles. The third kappa shape index (κ3) is 2.11. The summed E-state index contributed by atoms with van der Waals surface area (Å²) in [5.41, 5.74) is 0.995. The molecule has 7 heteroatoms. The Labute approximate surface area is 134 Å². The van der Waals surface area contributed by atoms with Crippen molar-refractivity contribution in [2.45, 2.75) is 26.4 Å². The van der Waals surface area contributed by atoms with Crippen LogP contribution in [0.2, 0.25) is 0 Å². The summed E-state index contributed by atoms with van der Waals surface area (Å²) >= 11 is 0. The molecule has 1 unspecified atom stereocenters. The van der Waals surface area contributed by atoms with E-state index in [4.69, 9.17) is 0 Å².